The lowest BCUT2D eigenvalue weighted by atomic mass is 9.89. The molecular weight excluding hydrogens is 392 g/mol. The summed E-state index contributed by atoms with van der Waals surface area (Å²) < 4.78 is 4.68. The summed E-state index contributed by atoms with van der Waals surface area (Å²) in [5.41, 5.74) is -0.696. The van der Waals surface area contributed by atoms with Crippen LogP contribution in [0.15, 0.2) is 36.5 Å². The second-order valence-electron chi connectivity index (χ2n) is 8.80. The fraction of sp³-hybridized carbons (Fsp3) is 0.654. The van der Waals surface area contributed by atoms with Crippen LogP contribution < -0.4 is 0 Å². The Morgan fingerprint density at radius 1 is 1.16 bits per heavy atom. The van der Waals surface area contributed by atoms with Gasteiger partial charge in [-0.1, -0.05) is 63.0 Å². The third-order valence-electron chi connectivity index (χ3n) is 5.62. The zero-order valence-corrected chi connectivity index (χ0v) is 19.5. The minimum absolute atomic E-state index is 0.0679. The lowest BCUT2D eigenvalue weighted by molar-refractivity contribution is -0.145. The van der Waals surface area contributed by atoms with Crippen LogP contribution in [-0.2, 0) is 19.1 Å². The lowest BCUT2D eigenvalue weighted by Crippen LogP contribution is -2.23. The van der Waals surface area contributed by atoms with Crippen LogP contribution in [0.2, 0.25) is 0 Å². The van der Waals surface area contributed by atoms with E-state index >= 15 is 0 Å². The Morgan fingerprint density at radius 3 is 2.65 bits per heavy atom. The number of Topliss-reactive ketones (excluding diaryl/α,β-unsaturated/α-hetero) is 1. The third kappa shape index (κ3) is 12.4. The second kappa shape index (κ2) is 14.9. The molecule has 3 atom stereocenters. The van der Waals surface area contributed by atoms with Crippen molar-refractivity contribution in [2.45, 2.75) is 90.6 Å². The maximum Gasteiger partial charge on any atom is 0.303 e. The van der Waals surface area contributed by atoms with Crippen molar-refractivity contribution in [1.29, 1.82) is 0 Å². The topological polar surface area (TPSA) is 80.7 Å². The van der Waals surface area contributed by atoms with Crippen molar-refractivity contribution in [2.24, 2.45) is 11.8 Å². The Labute approximate surface area is 187 Å². The number of carbonyl (C=O) groups excluding carboxylic acids is 3. The van der Waals surface area contributed by atoms with Gasteiger partial charge in [0.15, 0.2) is 11.6 Å². The molecule has 0 radical (unpaired) electrons. The van der Waals surface area contributed by atoms with Gasteiger partial charge in [0.25, 0.3) is 0 Å². The number of esters is 1. The molecule has 174 valence electrons. The molecule has 0 spiro atoms. The highest BCUT2D eigenvalue weighted by Crippen LogP contribution is 2.28. The Balaban J connectivity index is 2.34. The summed E-state index contributed by atoms with van der Waals surface area (Å²) in [6.07, 6.45) is 20.2. The van der Waals surface area contributed by atoms with E-state index in [0.29, 0.717) is 25.7 Å². The van der Waals surface area contributed by atoms with Gasteiger partial charge in [0.2, 0.25) is 0 Å². The van der Waals surface area contributed by atoms with E-state index in [1.54, 1.807) is 6.08 Å². The van der Waals surface area contributed by atoms with Crippen molar-refractivity contribution in [3.63, 3.8) is 0 Å². The first-order valence-electron chi connectivity index (χ1n) is 11.7. The van der Waals surface area contributed by atoms with Crippen molar-refractivity contribution in [3.8, 4) is 0 Å². The number of aliphatic hydroxyl groups is 1. The average Bonchev–Trinajstić information content (AvgIpc) is 3.06. The van der Waals surface area contributed by atoms with Crippen LogP contribution in [0, 0.1) is 11.8 Å². The number of rotatable bonds is 16. The molecule has 31 heavy (non-hydrogen) atoms. The number of carbonyl (C=O) groups is 3. The van der Waals surface area contributed by atoms with Crippen LogP contribution in [0.5, 0.6) is 0 Å². The molecule has 1 aliphatic rings. The molecule has 0 saturated carbocycles. The summed E-state index contributed by atoms with van der Waals surface area (Å²) >= 11 is 0. The number of unbranched alkanes of at least 4 members (excludes halogenated alkanes) is 4. The first kappa shape index (κ1) is 27.0. The quantitative estimate of drug-likeness (QED) is 0.204. The second-order valence-corrected chi connectivity index (χ2v) is 8.80. The summed E-state index contributed by atoms with van der Waals surface area (Å²) in [5.74, 6) is -0.402. The largest absolute Gasteiger partial charge is 0.458 e. The Bertz CT molecular complexity index is 657. The van der Waals surface area contributed by atoms with Gasteiger partial charge in [-0.25, -0.2) is 0 Å². The van der Waals surface area contributed by atoms with Crippen molar-refractivity contribution in [3.05, 3.63) is 36.5 Å². The first-order chi connectivity index (χ1) is 14.7. The van der Waals surface area contributed by atoms with Gasteiger partial charge < -0.3 is 9.84 Å². The highest BCUT2D eigenvalue weighted by Gasteiger charge is 2.27. The Hall–Kier alpha value is -2.01. The van der Waals surface area contributed by atoms with Gasteiger partial charge >= 0.3 is 5.97 Å². The molecule has 1 aliphatic carbocycles. The van der Waals surface area contributed by atoms with Crippen LogP contribution >= 0.6 is 0 Å². The van der Waals surface area contributed by atoms with E-state index in [0.717, 1.165) is 25.7 Å². The van der Waals surface area contributed by atoms with E-state index < -0.39 is 11.6 Å². The van der Waals surface area contributed by atoms with E-state index in [2.05, 4.69) is 11.7 Å². The van der Waals surface area contributed by atoms with Gasteiger partial charge in [0.1, 0.15) is 6.61 Å². The molecule has 0 aliphatic heterocycles. The smallest absolute Gasteiger partial charge is 0.303 e. The molecule has 0 bridgehead atoms. The number of hydrogen-bond donors (Lipinski definition) is 1. The minimum atomic E-state index is -0.696. The van der Waals surface area contributed by atoms with Crippen LogP contribution in [0.25, 0.3) is 0 Å². The fourth-order valence-electron chi connectivity index (χ4n) is 3.67. The summed E-state index contributed by atoms with van der Waals surface area (Å²) in [5, 5.41) is 10.5. The summed E-state index contributed by atoms with van der Waals surface area (Å²) in [6, 6.07) is 0. The standard InChI is InChI=1S/C26H40O5/c1-4-5-6-11-18-26(3,30)19-12-13-22-16-17-25(29)24(22)15-10-8-7-9-14-23(28)20-31-21(2)27/h8,10,12-13,16-17,22,24,30H,4-7,9,11,14-15,18-20H2,1-3H3/b10-8-,13-12+/t22-,24+,26?/m0/s1. The predicted octanol–water partition coefficient (Wildman–Crippen LogP) is 5.27. The molecule has 0 aromatic rings. The molecule has 0 amide bonds. The van der Waals surface area contributed by atoms with Crippen LogP contribution in [0.1, 0.15) is 85.0 Å². The van der Waals surface area contributed by atoms with E-state index in [1.165, 1.54) is 19.8 Å². The maximum atomic E-state index is 12.2. The van der Waals surface area contributed by atoms with Crippen LogP contribution in [-0.4, -0.2) is 34.9 Å². The van der Waals surface area contributed by atoms with E-state index in [4.69, 9.17) is 0 Å². The molecule has 1 N–H and O–H groups in total. The van der Waals surface area contributed by atoms with Gasteiger partial charge in [-0.3, -0.25) is 14.4 Å². The zero-order valence-electron chi connectivity index (χ0n) is 19.5. The normalized spacial score (nSPS) is 20.6. The summed E-state index contributed by atoms with van der Waals surface area (Å²) in [6.45, 7) is 5.20. The molecule has 1 rings (SSSR count). The molecule has 0 saturated heterocycles. The van der Waals surface area contributed by atoms with Crippen molar-refractivity contribution in [1.82, 2.24) is 0 Å². The van der Waals surface area contributed by atoms with Gasteiger partial charge in [0.05, 0.1) is 5.60 Å². The first-order valence-corrected chi connectivity index (χ1v) is 11.7. The SMILES string of the molecule is CCCCCCC(C)(O)C/C=C/[C@H]1C=CC(=O)[C@@H]1C/C=C\CCCC(=O)COC(C)=O. The fourth-order valence-corrected chi connectivity index (χ4v) is 3.67. The summed E-state index contributed by atoms with van der Waals surface area (Å²) in [4.78, 5) is 34.4. The van der Waals surface area contributed by atoms with Gasteiger partial charge in [0, 0.05) is 25.2 Å². The molecule has 5 nitrogen and oxygen atoms in total. The Kier molecular flexibility index (Phi) is 13.0. The zero-order chi connectivity index (χ0) is 23.1. The highest BCUT2D eigenvalue weighted by molar-refractivity contribution is 5.95. The Morgan fingerprint density at radius 2 is 1.94 bits per heavy atom. The lowest BCUT2D eigenvalue weighted by Gasteiger charge is -2.22. The predicted molar refractivity (Wildman–Crippen MR) is 124 cm³/mol. The van der Waals surface area contributed by atoms with E-state index in [1.807, 2.05) is 37.3 Å². The number of hydrogen-bond acceptors (Lipinski definition) is 5. The van der Waals surface area contributed by atoms with E-state index in [-0.39, 0.29) is 30.0 Å². The molecule has 5 heteroatoms. The van der Waals surface area contributed by atoms with Crippen molar-refractivity contribution < 1.29 is 24.2 Å². The number of allylic oxidation sites excluding steroid dienone is 5. The van der Waals surface area contributed by atoms with Crippen LogP contribution in [0.3, 0.4) is 0 Å². The third-order valence-corrected chi connectivity index (χ3v) is 5.62. The van der Waals surface area contributed by atoms with Gasteiger partial charge in [-0.05, 0) is 45.1 Å². The molecule has 1 unspecified atom stereocenters. The van der Waals surface area contributed by atoms with Gasteiger partial charge in [-0.2, -0.15) is 0 Å². The molecule has 0 fully saturated rings. The molecule has 0 heterocycles. The molecular formula is C26H40O5. The van der Waals surface area contributed by atoms with Gasteiger partial charge in [-0.15, -0.1) is 0 Å². The minimum Gasteiger partial charge on any atom is -0.458 e. The highest BCUT2D eigenvalue weighted by atomic mass is 16.5. The van der Waals surface area contributed by atoms with E-state index in [9.17, 15) is 19.5 Å². The molecule has 0 aromatic heterocycles. The average molecular weight is 433 g/mol. The van der Waals surface area contributed by atoms with Crippen LogP contribution in [0.4, 0.5) is 0 Å². The summed E-state index contributed by atoms with van der Waals surface area (Å²) in [7, 11) is 0. The number of ketones is 2. The monoisotopic (exact) mass is 432 g/mol. The molecule has 0 aromatic carbocycles. The van der Waals surface area contributed by atoms with Crippen molar-refractivity contribution in [2.75, 3.05) is 6.61 Å². The maximum absolute atomic E-state index is 12.2. The number of ether oxygens (including phenoxy) is 1. The van der Waals surface area contributed by atoms with Crippen molar-refractivity contribution >= 4 is 17.5 Å².